The van der Waals surface area contributed by atoms with Crippen molar-refractivity contribution < 1.29 is 23.9 Å². The number of phenols is 1. The maximum atomic E-state index is 10.9. The van der Waals surface area contributed by atoms with E-state index in [1.165, 1.54) is 54.3 Å². The van der Waals surface area contributed by atoms with Crippen molar-refractivity contribution >= 4 is 10.8 Å². The van der Waals surface area contributed by atoms with Gasteiger partial charge in [-0.15, -0.1) is 0 Å². The highest BCUT2D eigenvalue weighted by atomic mass is 16.5. The molecule has 2 heterocycles. The summed E-state index contributed by atoms with van der Waals surface area (Å²) in [6.07, 6.45) is 13.5. The molecule has 1 aromatic heterocycles. The average molecular weight is 507 g/mol. The number of phenolic OH excluding ortho intramolecular Hbond substituents is 1. The summed E-state index contributed by atoms with van der Waals surface area (Å²) >= 11 is 0. The quantitative estimate of drug-likeness (QED) is 0.181. The van der Waals surface area contributed by atoms with E-state index in [0.717, 1.165) is 61.1 Å². The molecule has 0 saturated heterocycles. The molecule has 4 rings (SSSR count). The van der Waals surface area contributed by atoms with Crippen LogP contribution >= 0.6 is 0 Å². The van der Waals surface area contributed by atoms with Crippen LogP contribution in [0.15, 0.2) is 30.5 Å². The highest BCUT2D eigenvalue weighted by Crippen LogP contribution is 2.43. The van der Waals surface area contributed by atoms with Gasteiger partial charge in [0.25, 0.3) is 0 Å². The van der Waals surface area contributed by atoms with Crippen molar-refractivity contribution in [3.8, 4) is 34.3 Å². The van der Waals surface area contributed by atoms with Crippen LogP contribution in [0.3, 0.4) is 0 Å². The second-order valence-electron chi connectivity index (χ2n) is 10.1. The number of rotatable bonds is 14. The van der Waals surface area contributed by atoms with Gasteiger partial charge in [-0.3, -0.25) is 0 Å². The molecule has 0 aliphatic carbocycles. The first kappa shape index (κ1) is 27.1. The van der Waals surface area contributed by atoms with Crippen molar-refractivity contribution in [1.82, 2.24) is 0 Å². The first-order chi connectivity index (χ1) is 18.1. The summed E-state index contributed by atoms with van der Waals surface area (Å²) < 4.78 is 20.2. The Hall–Kier alpha value is -2.95. The number of benzene rings is 2. The van der Waals surface area contributed by atoms with Gasteiger partial charge in [-0.2, -0.15) is 4.57 Å². The fraction of sp³-hybridized carbons (Fsp3) is 0.531. The van der Waals surface area contributed by atoms with Gasteiger partial charge in [0.05, 0.1) is 31.3 Å². The number of unbranched alkanes of at least 4 members (excludes halogenated alkanes) is 5. The Labute approximate surface area is 222 Å². The number of hydrogen-bond acceptors (Lipinski definition) is 4. The van der Waals surface area contributed by atoms with E-state index in [-0.39, 0.29) is 5.75 Å². The Balaban J connectivity index is 1.83. The molecular formula is C32H44NO4+. The van der Waals surface area contributed by atoms with Crippen molar-refractivity contribution in [1.29, 1.82) is 0 Å². The minimum Gasteiger partial charge on any atom is -0.504 e. The summed E-state index contributed by atoms with van der Waals surface area (Å²) in [4.78, 5) is 0. The van der Waals surface area contributed by atoms with Gasteiger partial charge in [0.15, 0.2) is 35.7 Å². The number of nitrogens with zero attached hydrogens (tertiary/aromatic N) is 1. The number of aryl methyl sites for hydroxylation is 3. The largest absolute Gasteiger partial charge is 0.504 e. The van der Waals surface area contributed by atoms with Gasteiger partial charge in [-0.05, 0) is 55.5 Å². The van der Waals surface area contributed by atoms with Gasteiger partial charge in [-0.25, -0.2) is 0 Å². The Bertz CT molecular complexity index is 1200. The lowest BCUT2D eigenvalue weighted by molar-refractivity contribution is -0.686. The van der Waals surface area contributed by atoms with Gasteiger partial charge in [0, 0.05) is 17.4 Å². The Morgan fingerprint density at radius 1 is 0.838 bits per heavy atom. The normalized spacial score (nSPS) is 12.3. The third-order valence-electron chi connectivity index (χ3n) is 7.32. The topological polar surface area (TPSA) is 51.8 Å². The lowest BCUT2D eigenvalue weighted by atomic mass is 9.89. The molecule has 1 aliphatic heterocycles. The highest BCUT2D eigenvalue weighted by Gasteiger charge is 2.31. The second kappa shape index (κ2) is 13.0. The molecule has 0 unspecified atom stereocenters. The van der Waals surface area contributed by atoms with E-state index < -0.39 is 0 Å². The molecule has 2 aromatic carbocycles. The van der Waals surface area contributed by atoms with E-state index in [1.807, 2.05) is 18.2 Å². The van der Waals surface area contributed by atoms with E-state index in [9.17, 15) is 5.11 Å². The van der Waals surface area contributed by atoms with Crippen molar-refractivity contribution in [2.24, 2.45) is 0 Å². The minimum absolute atomic E-state index is 0.216. The van der Waals surface area contributed by atoms with Crippen molar-refractivity contribution in [2.45, 2.75) is 91.5 Å². The van der Waals surface area contributed by atoms with Gasteiger partial charge >= 0.3 is 0 Å². The highest BCUT2D eigenvalue weighted by molar-refractivity contribution is 5.95. The van der Waals surface area contributed by atoms with Gasteiger partial charge in [-0.1, -0.05) is 52.9 Å². The molecular weight excluding hydrogens is 462 g/mol. The summed E-state index contributed by atoms with van der Waals surface area (Å²) in [7, 11) is 1.71. The van der Waals surface area contributed by atoms with E-state index in [0.29, 0.717) is 19.0 Å². The lowest BCUT2D eigenvalue weighted by Gasteiger charge is -2.22. The summed E-state index contributed by atoms with van der Waals surface area (Å²) in [5.74, 6) is 2.41. The minimum atomic E-state index is 0.216. The van der Waals surface area contributed by atoms with Crippen LogP contribution in [0, 0.1) is 0 Å². The van der Waals surface area contributed by atoms with Crippen LogP contribution in [0.5, 0.6) is 23.0 Å². The van der Waals surface area contributed by atoms with Crippen LogP contribution in [0.2, 0.25) is 0 Å². The Morgan fingerprint density at radius 2 is 1.59 bits per heavy atom. The second-order valence-corrected chi connectivity index (χ2v) is 10.1. The van der Waals surface area contributed by atoms with Crippen LogP contribution in [0.4, 0.5) is 0 Å². The molecule has 0 atom stereocenters. The maximum absolute atomic E-state index is 10.9. The van der Waals surface area contributed by atoms with Crippen molar-refractivity contribution in [2.75, 3.05) is 20.3 Å². The average Bonchev–Trinajstić information content (AvgIpc) is 2.91. The molecule has 0 radical (unpaired) electrons. The molecule has 200 valence electrons. The monoisotopic (exact) mass is 506 g/mol. The molecule has 1 N–H and O–H groups in total. The first-order valence-corrected chi connectivity index (χ1v) is 14.3. The SMILES string of the molecule is CCCCCCCCc1c2[n+](cc3c(OCCC)c(OC)ccc13)CCc1cc(OCCC)c(O)cc1-2. The fourth-order valence-corrected chi connectivity index (χ4v) is 5.44. The number of pyridine rings is 1. The molecule has 0 amide bonds. The zero-order chi connectivity index (χ0) is 26.2. The third-order valence-corrected chi connectivity index (χ3v) is 7.32. The molecule has 3 aromatic rings. The zero-order valence-electron chi connectivity index (χ0n) is 23.2. The third kappa shape index (κ3) is 5.97. The van der Waals surface area contributed by atoms with Crippen LogP contribution in [0.25, 0.3) is 22.0 Å². The van der Waals surface area contributed by atoms with Crippen molar-refractivity contribution in [3.63, 3.8) is 0 Å². The van der Waals surface area contributed by atoms with Gasteiger partial charge in [0.1, 0.15) is 0 Å². The summed E-state index contributed by atoms with van der Waals surface area (Å²) in [6, 6.07) is 8.19. The van der Waals surface area contributed by atoms with Crippen LogP contribution in [-0.4, -0.2) is 25.4 Å². The first-order valence-electron chi connectivity index (χ1n) is 14.3. The van der Waals surface area contributed by atoms with E-state index in [4.69, 9.17) is 14.2 Å². The van der Waals surface area contributed by atoms with Crippen LogP contribution in [-0.2, 0) is 19.4 Å². The zero-order valence-corrected chi connectivity index (χ0v) is 23.2. The Morgan fingerprint density at radius 3 is 2.35 bits per heavy atom. The van der Waals surface area contributed by atoms with Gasteiger partial charge < -0.3 is 19.3 Å². The Kier molecular flexibility index (Phi) is 9.54. The van der Waals surface area contributed by atoms with Crippen LogP contribution in [0.1, 0.15) is 83.3 Å². The predicted octanol–water partition coefficient (Wildman–Crippen LogP) is 7.55. The molecule has 37 heavy (non-hydrogen) atoms. The standard InChI is InChI=1S/C32H43NO4/c1-5-8-9-10-11-12-13-25-24-14-15-29(35-4)32(37-19-7-3)27(24)22-33-17-16-23-20-30(36-18-6-2)28(34)21-26(23)31(25)33/h14-15,20-22H,5-13,16-19H2,1-4H3/p+1. The number of hydrogen-bond donors (Lipinski definition) is 1. The van der Waals surface area contributed by atoms with E-state index in [1.54, 1.807) is 7.11 Å². The van der Waals surface area contributed by atoms with E-state index in [2.05, 4.69) is 37.6 Å². The number of methoxy groups -OCH3 is 1. The lowest BCUT2D eigenvalue weighted by Crippen LogP contribution is -2.41. The molecule has 5 heteroatoms. The van der Waals surface area contributed by atoms with Gasteiger partial charge in [0.2, 0.25) is 5.69 Å². The summed E-state index contributed by atoms with van der Waals surface area (Å²) in [5.41, 5.74) is 4.90. The number of aromatic hydroxyl groups is 1. The molecule has 1 aliphatic rings. The summed E-state index contributed by atoms with van der Waals surface area (Å²) in [5, 5.41) is 13.2. The maximum Gasteiger partial charge on any atom is 0.216 e. The predicted molar refractivity (Wildman–Crippen MR) is 150 cm³/mol. The summed E-state index contributed by atoms with van der Waals surface area (Å²) in [6.45, 7) is 8.60. The molecule has 0 spiro atoms. The molecule has 0 saturated carbocycles. The number of fused-ring (bicyclic) bond motifs is 4. The van der Waals surface area contributed by atoms with E-state index >= 15 is 0 Å². The van der Waals surface area contributed by atoms with Crippen molar-refractivity contribution in [3.05, 3.63) is 41.6 Å². The fourth-order valence-electron chi connectivity index (χ4n) is 5.44. The molecule has 0 fully saturated rings. The molecule has 0 bridgehead atoms. The van der Waals surface area contributed by atoms with Crippen LogP contribution < -0.4 is 18.8 Å². The number of ether oxygens (including phenoxy) is 3. The smallest absolute Gasteiger partial charge is 0.216 e. The number of aromatic nitrogens is 1. The molecule has 5 nitrogen and oxygen atoms in total.